The Kier molecular flexibility index (Phi) is 6.93. The Morgan fingerprint density at radius 2 is 1.57 bits per heavy atom. The van der Waals surface area contributed by atoms with Crippen LogP contribution < -0.4 is 10.0 Å². The number of rotatable bonds is 7. The zero-order valence-electron chi connectivity index (χ0n) is 16.1. The van der Waals surface area contributed by atoms with Crippen LogP contribution in [0.1, 0.15) is 36.7 Å². The van der Waals surface area contributed by atoms with Gasteiger partial charge in [-0.1, -0.05) is 30.3 Å². The Labute approximate surface area is 165 Å². The fraction of sp³-hybridized carbons (Fsp3) is 0.300. The Balaban J connectivity index is 1.88. The number of sulfonamides is 1. The lowest BCUT2D eigenvalue weighted by Gasteiger charge is -2.20. The van der Waals surface area contributed by atoms with Gasteiger partial charge in [-0.25, -0.2) is 13.1 Å². The molecule has 2 rings (SSSR count). The average molecular weight is 404 g/mol. The first-order valence-corrected chi connectivity index (χ1v) is 10.2. The third-order valence-corrected chi connectivity index (χ3v) is 5.28. The SMILES string of the molecule is CC(C)(C)NS(=O)(=O)c1ccc(C(=O)NCC(=O)OCc2ccccc2)cc1. The summed E-state index contributed by atoms with van der Waals surface area (Å²) >= 11 is 0. The van der Waals surface area contributed by atoms with E-state index in [1.165, 1.54) is 24.3 Å². The average Bonchev–Trinajstić information content (AvgIpc) is 2.63. The highest BCUT2D eigenvalue weighted by molar-refractivity contribution is 7.89. The Bertz CT molecular complexity index is 917. The van der Waals surface area contributed by atoms with Crippen LogP contribution in [0.5, 0.6) is 0 Å². The number of amides is 1. The summed E-state index contributed by atoms with van der Waals surface area (Å²) in [7, 11) is -3.68. The van der Waals surface area contributed by atoms with Gasteiger partial charge in [0.2, 0.25) is 10.0 Å². The van der Waals surface area contributed by atoms with Gasteiger partial charge in [0.25, 0.3) is 5.91 Å². The standard InChI is InChI=1S/C20H24N2O5S/c1-20(2,3)22-28(25,26)17-11-9-16(10-12-17)19(24)21-13-18(23)27-14-15-7-5-4-6-8-15/h4-12,22H,13-14H2,1-3H3,(H,21,24). The third-order valence-electron chi connectivity index (χ3n) is 3.50. The molecule has 0 aromatic heterocycles. The van der Waals surface area contributed by atoms with E-state index < -0.39 is 27.4 Å². The first-order chi connectivity index (χ1) is 13.1. The van der Waals surface area contributed by atoms with Crippen LogP contribution in [0.2, 0.25) is 0 Å². The van der Waals surface area contributed by atoms with E-state index in [-0.39, 0.29) is 23.6 Å². The maximum Gasteiger partial charge on any atom is 0.325 e. The van der Waals surface area contributed by atoms with E-state index in [0.717, 1.165) is 5.56 Å². The molecule has 2 aromatic carbocycles. The third kappa shape index (κ3) is 6.79. The van der Waals surface area contributed by atoms with Gasteiger partial charge in [-0.2, -0.15) is 0 Å². The number of hydrogen-bond acceptors (Lipinski definition) is 5. The molecule has 7 nitrogen and oxygen atoms in total. The number of esters is 1. The minimum absolute atomic E-state index is 0.0567. The van der Waals surface area contributed by atoms with Gasteiger partial charge in [0.15, 0.2) is 0 Å². The topological polar surface area (TPSA) is 102 Å². The molecule has 0 aliphatic heterocycles. The summed E-state index contributed by atoms with van der Waals surface area (Å²) in [5.41, 5.74) is 0.475. The molecule has 0 unspecified atom stereocenters. The second-order valence-corrected chi connectivity index (χ2v) is 8.89. The van der Waals surface area contributed by atoms with E-state index in [9.17, 15) is 18.0 Å². The molecule has 0 radical (unpaired) electrons. The summed E-state index contributed by atoms with van der Waals surface area (Å²) in [5, 5.41) is 2.45. The molecule has 28 heavy (non-hydrogen) atoms. The lowest BCUT2D eigenvalue weighted by molar-refractivity contribution is -0.143. The van der Waals surface area contributed by atoms with Crippen LogP contribution in [0.4, 0.5) is 0 Å². The summed E-state index contributed by atoms with van der Waals surface area (Å²) in [6, 6.07) is 14.7. The van der Waals surface area contributed by atoms with Crippen LogP contribution in [0.15, 0.2) is 59.5 Å². The minimum Gasteiger partial charge on any atom is -0.460 e. The highest BCUT2D eigenvalue weighted by Crippen LogP contribution is 2.14. The van der Waals surface area contributed by atoms with Gasteiger partial charge >= 0.3 is 5.97 Å². The molecule has 150 valence electrons. The van der Waals surface area contributed by atoms with E-state index in [1.807, 2.05) is 30.3 Å². The summed E-state index contributed by atoms with van der Waals surface area (Å²) in [6.45, 7) is 5.07. The molecule has 2 aromatic rings. The number of carbonyl (C=O) groups is 2. The Hall–Kier alpha value is -2.71. The molecular formula is C20H24N2O5S. The lowest BCUT2D eigenvalue weighted by atomic mass is 10.1. The van der Waals surface area contributed by atoms with E-state index >= 15 is 0 Å². The van der Waals surface area contributed by atoms with Crippen LogP contribution in [-0.2, 0) is 26.2 Å². The molecular weight excluding hydrogens is 380 g/mol. The number of ether oxygens (including phenoxy) is 1. The van der Waals surface area contributed by atoms with Gasteiger partial charge < -0.3 is 10.1 Å². The van der Waals surface area contributed by atoms with Crippen molar-refractivity contribution in [1.29, 1.82) is 0 Å². The number of carbonyl (C=O) groups excluding carboxylic acids is 2. The van der Waals surface area contributed by atoms with Gasteiger partial charge in [-0.05, 0) is 50.6 Å². The van der Waals surface area contributed by atoms with Crippen LogP contribution in [-0.4, -0.2) is 32.4 Å². The van der Waals surface area contributed by atoms with E-state index in [1.54, 1.807) is 20.8 Å². The van der Waals surface area contributed by atoms with Crippen LogP contribution in [0.25, 0.3) is 0 Å². The van der Waals surface area contributed by atoms with Crippen molar-refractivity contribution in [2.75, 3.05) is 6.54 Å². The van der Waals surface area contributed by atoms with Crippen LogP contribution in [0, 0.1) is 0 Å². The molecule has 1 amide bonds. The largest absolute Gasteiger partial charge is 0.460 e. The molecule has 0 saturated heterocycles. The Morgan fingerprint density at radius 3 is 2.14 bits per heavy atom. The van der Waals surface area contributed by atoms with Crippen LogP contribution >= 0.6 is 0 Å². The zero-order valence-corrected chi connectivity index (χ0v) is 16.9. The van der Waals surface area contributed by atoms with Gasteiger partial charge in [-0.15, -0.1) is 0 Å². The van der Waals surface area contributed by atoms with Crippen molar-refractivity contribution in [3.63, 3.8) is 0 Å². The predicted octanol–water partition coefficient (Wildman–Crippen LogP) is 2.24. The van der Waals surface area contributed by atoms with E-state index in [0.29, 0.717) is 0 Å². The maximum absolute atomic E-state index is 12.3. The fourth-order valence-corrected chi connectivity index (χ4v) is 3.71. The summed E-state index contributed by atoms with van der Waals surface area (Å²) < 4.78 is 32.1. The van der Waals surface area contributed by atoms with Crippen molar-refractivity contribution in [2.45, 2.75) is 37.8 Å². The molecule has 0 bridgehead atoms. The molecule has 0 aliphatic carbocycles. The summed E-state index contributed by atoms with van der Waals surface area (Å²) in [5.74, 6) is -1.06. The first kappa shape index (κ1) is 21.6. The van der Waals surface area contributed by atoms with Crippen molar-refractivity contribution < 1.29 is 22.7 Å². The highest BCUT2D eigenvalue weighted by atomic mass is 32.2. The minimum atomic E-state index is -3.68. The predicted molar refractivity (Wildman–Crippen MR) is 105 cm³/mol. The highest BCUT2D eigenvalue weighted by Gasteiger charge is 2.22. The first-order valence-electron chi connectivity index (χ1n) is 8.69. The van der Waals surface area contributed by atoms with Crippen molar-refractivity contribution >= 4 is 21.9 Å². The van der Waals surface area contributed by atoms with Crippen molar-refractivity contribution in [1.82, 2.24) is 10.0 Å². The van der Waals surface area contributed by atoms with Gasteiger partial charge in [0, 0.05) is 11.1 Å². The second kappa shape index (κ2) is 8.99. The normalized spacial score (nSPS) is 11.7. The van der Waals surface area contributed by atoms with E-state index in [2.05, 4.69) is 10.0 Å². The monoisotopic (exact) mass is 404 g/mol. The molecule has 0 atom stereocenters. The molecule has 0 saturated carbocycles. The number of benzene rings is 2. The zero-order chi connectivity index (χ0) is 20.8. The smallest absolute Gasteiger partial charge is 0.325 e. The molecule has 0 fully saturated rings. The van der Waals surface area contributed by atoms with Crippen molar-refractivity contribution in [2.24, 2.45) is 0 Å². The quantitative estimate of drug-likeness (QED) is 0.689. The maximum atomic E-state index is 12.3. The number of nitrogens with one attached hydrogen (secondary N) is 2. The summed E-state index contributed by atoms with van der Waals surface area (Å²) in [4.78, 5) is 23.9. The molecule has 8 heteroatoms. The number of hydrogen-bond donors (Lipinski definition) is 2. The summed E-state index contributed by atoms with van der Waals surface area (Å²) in [6.07, 6.45) is 0. The second-order valence-electron chi connectivity index (χ2n) is 7.21. The van der Waals surface area contributed by atoms with Gasteiger partial charge in [0.05, 0.1) is 4.90 Å². The van der Waals surface area contributed by atoms with Gasteiger partial charge in [-0.3, -0.25) is 9.59 Å². The molecule has 0 aliphatic rings. The van der Waals surface area contributed by atoms with Crippen LogP contribution in [0.3, 0.4) is 0 Å². The van der Waals surface area contributed by atoms with E-state index in [4.69, 9.17) is 4.74 Å². The van der Waals surface area contributed by atoms with Crippen molar-refractivity contribution in [3.8, 4) is 0 Å². The molecule has 0 spiro atoms. The Morgan fingerprint density at radius 1 is 0.964 bits per heavy atom. The van der Waals surface area contributed by atoms with Gasteiger partial charge in [0.1, 0.15) is 13.2 Å². The molecule has 2 N–H and O–H groups in total. The fourth-order valence-electron chi connectivity index (χ4n) is 2.29. The lowest BCUT2D eigenvalue weighted by Crippen LogP contribution is -2.40. The van der Waals surface area contributed by atoms with Crippen molar-refractivity contribution in [3.05, 3.63) is 65.7 Å². The molecule has 0 heterocycles.